The van der Waals surface area contributed by atoms with Gasteiger partial charge in [0.2, 0.25) is 5.91 Å². The van der Waals surface area contributed by atoms with E-state index < -0.39 is 5.97 Å². The molecule has 3 aromatic rings. The summed E-state index contributed by atoms with van der Waals surface area (Å²) in [6, 6.07) is 13.8. The van der Waals surface area contributed by atoms with Crippen molar-refractivity contribution in [1.82, 2.24) is 14.4 Å². The van der Waals surface area contributed by atoms with Gasteiger partial charge in [-0.2, -0.15) is 0 Å². The Morgan fingerprint density at radius 3 is 2.58 bits per heavy atom. The van der Waals surface area contributed by atoms with Crippen LogP contribution in [0.2, 0.25) is 0 Å². The van der Waals surface area contributed by atoms with Crippen molar-refractivity contribution in [1.29, 1.82) is 0 Å². The second-order valence-corrected chi connectivity index (χ2v) is 9.64. The Kier molecular flexibility index (Phi) is 5.71. The summed E-state index contributed by atoms with van der Waals surface area (Å²) in [6.45, 7) is 2.27. The zero-order valence-corrected chi connectivity index (χ0v) is 19.4. The molecule has 1 aliphatic carbocycles. The van der Waals surface area contributed by atoms with Crippen molar-refractivity contribution in [3.63, 3.8) is 0 Å². The third-order valence-electron chi connectivity index (χ3n) is 7.21. The molecule has 1 amide bonds. The zero-order chi connectivity index (χ0) is 23.1. The smallest absolute Gasteiger partial charge is 0.335 e. The monoisotopic (exact) mass is 445 g/mol. The molecule has 0 unspecified atom stereocenters. The second-order valence-electron chi connectivity index (χ2n) is 9.64. The van der Waals surface area contributed by atoms with E-state index in [1.165, 1.54) is 18.4 Å². The van der Waals surface area contributed by atoms with Crippen LogP contribution in [-0.4, -0.2) is 58.5 Å². The van der Waals surface area contributed by atoms with E-state index in [0.29, 0.717) is 19.0 Å². The van der Waals surface area contributed by atoms with E-state index in [1.807, 2.05) is 31.1 Å². The van der Waals surface area contributed by atoms with Gasteiger partial charge in [-0.25, -0.2) is 4.79 Å². The highest BCUT2D eigenvalue weighted by atomic mass is 16.4. The van der Waals surface area contributed by atoms with Crippen LogP contribution in [0.5, 0.6) is 0 Å². The van der Waals surface area contributed by atoms with E-state index in [4.69, 9.17) is 0 Å². The lowest BCUT2D eigenvalue weighted by Gasteiger charge is -2.29. The Morgan fingerprint density at radius 1 is 1.09 bits per heavy atom. The number of rotatable bonds is 5. The maximum Gasteiger partial charge on any atom is 0.335 e. The number of aromatic carboxylic acids is 1. The molecular formula is C27H31N3O3. The standard InChI is InChI=1S/C27H31N3O3/c1-28(2)13-14-29-16-20-9-5-6-10-21(20)26-25(18-7-3-4-8-18)22-12-11-19(27(32)33)15-23(22)30(26)17-24(29)31/h5-6,9-12,15,18H,3-4,7-8,13-14,16-17H2,1-2H3,(H,32,33). The number of hydrogen-bond acceptors (Lipinski definition) is 3. The predicted octanol–water partition coefficient (Wildman–Crippen LogP) is 4.57. The molecule has 2 aromatic carbocycles. The summed E-state index contributed by atoms with van der Waals surface area (Å²) in [5.41, 5.74) is 5.82. The third-order valence-corrected chi connectivity index (χ3v) is 7.21. The Balaban J connectivity index is 1.76. The number of aromatic nitrogens is 1. The Morgan fingerprint density at radius 2 is 1.85 bits per heavy atom. The Labute approximate surface area is 194 Å². The molecule has 1 fully saturated rings. The number of nitrogens with zero attached hydrogens (tertiary/aromatic N) is 3. The highest BCUT2D eigenvalue weighted by Crippen LogP contribution is 2.46. The van der Waals surface area contributed by atoms with Crippen LogP contribution >= 0.6 is 0 Å². The van der Waals surface area contributed by atoms with E-state index in [9.17, 15) is 14.7 Å². The van der Waals surface area contributed by atoms with Gasteiger partial charge in [0.15, 0.2) is 0 Å². The number of fused-ring (bicyclic) bond motifs is 5. The van der Waals surface area contributed by atoms with Gasteiger partial charge in [-0.15, -0.1) is 0 Å². The van der Waals surface area contributed by atoms with Crippen molar-refractivity contribution in [3.8, 4) is 11.3 Å². The molecule has 2 aliphatic rings. The summed E-state index contributed by atoms with van der Waals surface area (Å²) < 4.78 is 2.10. The van der Waals surface area contributed by atoms with Crippen LogP contribution in [0.1, 0.15) is 53.1 Å². The molecule has 172 valence electrons. The van der Waals surface area contributed by atoms with Gasteiger partial charge in [0.1, 0.15) is 6.54 Å². The zero-order valence-electron chi connectivity index (χ0n) is 19.4. The fourth-order valence-electron chi connectivity index (χ4n) is 5.53. The van der Waals surface area contributed by atoms with E-state index in [0.717, 1.165) is 47.1 Å². The third kappa shape index (κ3) is 3.93. The Bertz CT molecular complexity index is 1220. The van der Waals surface area contributed by atoms with Crippen molar-refractivity contribution in [2.24, 2.45) is 0 Å². The summed E-state index contributed by atoms with van der Waals surface area (Å²) in [5.74, 6) is -0.435. The largest absolute Gasteiger partial charge is 0.478 e. The second kappa shape index (κ2) is 8.67. The molecule has 0 radical (unpaired) electrons. The maximum atomic E-state index is 13.5. The first-order chi connectivity index (χ1) is 15.9. The van der Waals surface area contributed by atoms with Crippen LogP contribution in [-0.2, 0) is 17.9 Å². The number of hydrogen-bond donors (Lipinski definition) is 1. The van der Waals surface area contributed by atoms with Gasteiger partial charge >= 0.3 is 5.97 Å². The van der Waals surface area contributed by atoms with E-state index in [1.54, 1.807) is 12.1 Å². The number of carboxylic acid groups (broad SMARTS) is 1. The van der Waals surface area contributed by atoms with E-state index in [-0.39, 0.29) is 18.0 Å². The lowest BCUT2D eigenvalue weighted by atomic mass is 9.90. The molecule has 1 N–H and O–H groups in total. The first-order valence-corrected chi connectivity index (χ1v) is 11.8. The first kappa shape index (κ1) is 21.7. The average molecular weight is 446 g/mol. The molecule has 2 heterocycles. The van der Waals surface area contributed by atoms with Gasteiger partial charge in [0.25, 0.3) is 0 Å². The minimum absolute atomic E-state index is 0.0724. The molecule has 1 aliphatic heterocycles. The van der Waals surface area contributed by atoms with Crippen molar-refractivity contribution in [2.75, 3.05) is 27.2 Å². The first-order valence-electron chi connectivity index (χ1n) is 11.8. The molecule has 6 heteroatoms. The lowest BCUT2D eigenvalue weighted by Crippen LogP contribution is -2.39. The molecule has 1 saturated carbocycles. The summed E-state index contributed by atoms with van der Waals surface area (Å²) in [5, 5.41) is 10.7. The molecule has 0 spiro atoms. The molecule has 0 saturated heterocycles. The van der Waals surface area contributed by atoms with Gasteiger partial charge in [0.05, 0.1) is 16.8 Å². The lowest BCUT2D eigenvalue weighted by molar-refractivity contribution is -0.132. The molecular weight excluding hydrogens is 414 g/mol. The number of carboxylic acids is 1. The minimum Gasteiger partial charge on any atom is -0.478 e. The number of carbonyl (C=O) groups is 2. The van der Waals surface area contributed by atoms with E-state index >= 15 is 0 Å². The molecule has 6 nitrogen and oxygen atoms in total. The van der Waals surface area contributed by atoms with Gasteiger partial charge < -0.3 is 19.5 Å². The highest BCUT2D eigenvalue weighted by Gasteiger charge is 2.31. The summed E-state index contributed by atoms with van der Waals surface area (Å²) in [6.07, 6.45) is 4.70. The molecule has 1 aromatic heterocycles. The normalized spacial score (nSPS) is 16.7. The minimum atomic E-state index is -0.944. The van der Waals surface area contributed by atoms with E-state index in [2.05, 4.69) is 27.7 Å². The summed E-state index contributed by atoms with van der Waals surface area (Å²) in [7, 11) is 4.03. The van der Waals surface area contributed by atoms with Crippen molar-refractivity contribution in [2.45, 2.75) is 44.7 Å². The molecule has 0 atom stereocenters. The number of amides is 1. The molecule has 33 heavy (non-hydrogen) atoms. The maximum absolute atomic E-state index is 13.5. The van der Waals surface area contributed by atoms with Gasteiger partial charge in [0, 0.05) is 30.6 Å². The van der Waals surface area contributed by atoms with Crippen molar-refractivity contribution >= 4 is 22.8 Å². The Hall–Kier alpha value is -3.12. The fraction of sp³-hybridized carbons (Fsp3) is 0.407. The highest BCUT2D eigenvalue weighted by molar-refractivity contribution is 5.99. The van der Waals surface area contributed by atoms with Crippen LogP contribution in [0.3, 0.4) is 0 Å². The summed E-state index contributed by atoms with van der Waals surface area (Å²) >= 11 is 0. The van der Waals surface area contributed by atoms with Crippen LogP contribution in [0.15, 0.2) is 42.5 Å². The number of benzene rings is 2. The molecule has 5 rings (SSSR count). The molecule has 0 bridgehead atoms. The van der Waals surface area contributed by atoms with Gasteiger partial charge in [-0.3, -0.25) is 4.79 Å². The predicted molar refractivity (Wildman–Crippen MR) is 130 cm³/mol. The SMILES string of the molecule is CN(C)CCN1Cc2ccccc2-c2c(C3CCCC3)c3ccc(C(=O)O)cc3n2CC1=O. The number of carbonyl (C=O) groups excluding carboxylic acids is 1. The van der Waals surface area contributed by atoms with Crippen molar-refractivity contribution < 1.29 is 14.7 Å². The van der Waals surface area contributed by atoms with Gasteiger partial charge in [-0.05, 0) is 56.1 Å². The fourth-order valence-corrected chi connectivity index (χ4v) is 5.53. The quantitative estimate of drug-likeness (QED) is 0.625. The average Bonchev–Trinajstić information content (AvgIpc) is 3.41. The number of likely N-dealkylation sites (N-methyl/N-ethyl adjacent to an activating group) is 1. The topological polar surface area (TPSA) is 65.8 Å². The van der Waals surface area contributed by atoms with Crippen LogP contribution in [0.4, 0.5) is 0 Å². The van der Waals surface area contributed by atoms with Gasteiger partial charge in [-0.1, -0.05) is 43.2 Å². The van der Waals surface area contributed by atoms with Crippen LogP contribution in [0, 0.1) is 0 Å². The summed E-state index contributed by atoms with van der Waals surface area (Å²) in [4.78, 5) is 29.3. The van der Waals surface area contributed by atoms with Crippen LogP contribution in [0.25, 0.3) is 22.2 Å². The van der Waals surface area contributed by atoms with Crippen molar-refractivity contribution in [3.05, 3.63) is 59.2 Å². The van der Waals surface area contributed by atoms with Crippen LogP contribution < -0.4 is 0 Å².